The molecule has 0 bridgehead atoms. The molecular formula is C56H40. The van der Waals surface area contributed by atoms with Crippen LogP contribution in [0, 0.1) is 6.92 Å². The predicted octanol–water partition coefficient (Wildman–Crippen LogP) is 14.7. The van der Waals surface area contributed by atoms with E-state index in [1.165, 1.54) is 94.6 Å². The first kappa shape index (κ1) is 33.5. The summed E-state index contributed by atoms with van der Waals surface area (Å²) in [5.41, 5.74) is 20.6. The van der Waals surface area contributed by atoms with Gasteiger partial charge < -0.3 is 0 Å². The van der Waals surface area contributed by atoms with Gasteiger partial charge in [-0.05, 0) is 120 Å². The maximum absolute atomic E-state index is 2.45. The molecule has 0 aliphatic heterocycles. The van der Waals surface area contributed by atoms with E-state index in [0.717, 1.165) is 0 Å². The topological polar surface area (TPSA) is 0 Å². The van der Waals surface area contributed by atoms with Gasteiger partial charge in [-0.25, -0.2) is 0 Å². The Morgan fingerprint density at radius 1 is 0.268 bits per heavy atom. The molecule has 0 amide bonds. The van der Waals surface area contributed by atoms with E-state index in [1.807, 2.05) is 0 Å². The Hall–Kier alpha value is -7.02. The lowest BCUT2D eigenvalue weighted by Crippen LogP contribution is -2.28. The third-order valence-electron chi connectivity index (χ3n) is 11.6. The van der Waals surface area contributed by atoms with E-state index in [0.29, 0.717) is 0 Å². The molecule has 10 rings (SSSR count). The molecule has 0 unspecified atom stereocenters. The molecule has 0 nitrogen and oxygen atoms in total. The number of fused-ring (bicyclic) bond motifs is 3. The predicted molar refractivity (Wildman–Crippen MR) is 236 cm³/mol. The second kappa shape index (κ2) is 14.0. The highest BCUT2D eigenvalue weighted by atomic mass is 14.5. The van der Waals surface area contributed by atoms with E-state index in [4.69, 9.17) is 0 Å². The zero-order valence-corrected chi connectivity index (χ0v) is 31.4. The van der Waals surface area contributed by atoms with Crippen molar-refractivity contribution in [2.75, 3.05) is 0 Å². The van der Waals surface area contributed by atoms with Crippen LogP contribution in [0.4, 0.5) is 0 Å². The SMILES string of the molecule is Cc1ccc2c(c1)-c1c(-c3ccccc3)cccc1C2(c1cccc(-c2cccc(-c3ccccc3)c2)c1)c1cccc(-c2cccc(-c3ccccc3)c2)c1. The summed E-state index contributed by atoms with van der Waals surface area (Å²) in [6.07, 6.45) is 0. The summed E-state index contributed by atoms with van der Waals surface area (Å²) in [7, 11) is 0. The smallest absolute Gasteiger partial charge is 0.0622 e. The summed E-state index contributed by atoms with van der Waals surface area (Å²) < 4.78 is 0. The zero-order chi connectivity index (χ0) is 37.5. The Bertz CT molecular complexity index is 2720. The largest absolute Gasteiger partial charge is 0.0714 e. The number of hydrogen-bond acceptors (Lipinski definition) is 0. The van der Waals surface area contributed by atoms with Crippen LogP contribution in [0.15, 0.2) is 224 Å². The fraction of sp³-hybridized carbons (Fsp3) is 0.0357. The molecule has 0 aromatic heterocycles. The Balaban J connectivity index is 1.23. The van der Waals surface area contributed by atoms with Crippen molar-refractivity contribution in [1.29, 1.82) is 0 Å². The van der Waals surface area contributed by atoms with Crippen molar-refractivity contribution >= 4 is 0 Å². The van der Waals surface area contributed by atoms with Crippen LogP contribution in [-0.2, 0) is 5.41 Å². The van der Waals surface area contributed by atoms with Crippen molar-refractivity contribution < 1.29 is 0 Å². The van der Waals surface area contributed by atoms with Gasteiger partial charge in [-0.2, -0.15) is 0 Å². The molecule has 0 heteroatoms. The van der Waals surface area contributed by atoms with Crippen LogP contribution < -0.4 is 0 Å². The maximum atomic E-state index is 2.45. The molecule has 1 aliphatic carbocycles. The normalized spacial score (nSPS) is 12.5. The fourth-order valence-electron chi connectivity index (χ4n) is 9.02. The highest BCUT2D eigenvalue weighted by Crippen LogP contribution is 2.59. The highest BCUT2D eigenvalue weighted by molar-refractivity contribution is 5.96. The molecule has 1 aliphatic rings. The van der Waals surface area contributed by atoms with Crippen molar-refractivity contribution in [2.24, 2.45) is 0 Å². The zero-order valence-electron chi connectivity index (χ0n) is 31.4. The third kappa shape index (κ3) is 5.70. The molecule has 0 radical (unpaired) electrons. The standard InChI is InChI=1S/C56H40/c1-39-32-33-53-52(34-39)55-51(42-20-9-4-10-21-42)30-15-31-54(55)56(53,49-28-13-26-47(37-49)45-24-11-22-43(35-45)40-16-5-2-6-17-40)50-29-14-27-48(38-50)46-25-12-23-44(36-46)41-18-7-3-8-19-41/h2-38H,1H3. The minimum absolute atomic E-state index is 0.580. The first-order chi connectivity index (χ1) is 27.7. The lowest BCUT2D eigenvalue weighted by Gasteiger charge is -2.34. The van der Waals surface area contributed by atoms with Crippen molar-refractivity contribution in [1.82, 2.24) is 0 Å². The van der Waals surface area contributed by atoms with Crippen LogP contribution in [0.3, 0.4) is 0 Å². The average Bonchev–Trinajstić information content (AvgIpc) is 3.58. The Morgan fingerprint density at radius 3 is 1.20 bits per heavy atom. The molecule has 264 valence electrons. The van der Waals surface area contributed by atoms with E-state index in [1.54, 1.807) is 0 Å². The molecule has 9 aromatic carbocycles. The Kier molecular flexibility index (Phi) is 8.38. The van der Waals surface area contributed by atoms with Gasteiger partial charge in [0.2, 0.25) is 0 Å². The summed E-state index contributed by atoms with van der Waals surface area (Å²) in [5.74, 6) is 0. The number of rotatable bonds is 7. The third-order valence-corrected chi connectivity index (χ3v) is 11.6. The highest BCUT2D eigenvalue weighted by Gasteiger charge is 2.47. The van der Waals surface area contributed by atoms with E-state index in [2.05, 4.69) is 231 Å². The number of benzene rings is 9. The molecule has 0 saturated carbocycles. The molecule has 56 heavy (non-hydrogen) atoms. The minimum Gasteiger partial charge on any atom is -0.0622 e. The molecule has 0 fully saturated rings. The Labute approximate surface area is 330 Å². The molecule has 0 heterocycles. The average molecular weight is 713 g/mol. The first-order valence-electron chi connectivity index (χ1n) is 19.5. The van der Waals surface area contributed by atoms with Gasteiger partial charge in [0.05, 0.1) is 5.41 Å². The van der Waals surface area contributed by atoms with Gasteiger partial charge in [-0.1, -0.05) is 206 Å². The molecule has 9 aromatic rings. The van der Waals surface area contributed by atoms with Crippen LogP contribution >= 0.6 is 0 Å². The summed E-state index contributed by atoms with van der Waals surface area (Å²) >= 11 is 0. The van der Waals surface area contributed by atoms with E-state index in [9.17, 15) is 0 Å². The van der Waals surface area contributed by atoms with Gasteiger partial charge in [0.25, 0.3) is 0 Å². The second-order valence-electron chi connectivity index (χ2n) is 14.9. The quantitative estimate of drug-likeness (QED) is 0.154. The van der Waals surface area contributed by atoms with Gasteiger partial charge in [0, 0.05) is 0 Å². The van der Waals surface area contributed by atoms with E-state index >= 15 is 0 Å². The lowest BCUT2D eigenvalue weighted by atomic mass is 9.66. The van der Waals surface area contributed by atoms with Crippen molar-refractivity contribution in [3.05, 3.63) is 252 Å². The van der Waals surface area contributed by atoms with Crippen LogP contribution in [-0.4, -0.2) is 0 Å². The van der Waals surface area contributed by atoms with Crippen molar-refractivity contribution in [3.63, 3.8) is 0 Å². The molecule has 0 spiro atoms. The van der Waals surface area contributed by atoms with Crippen LogP contribution in [0.5, 0.6) is 0 Å². The summed E-state index contributed by atoms with van der Waals surface area (Å²) in [6, 6.07) is 82.8. The number of hydrogen-bond donors (Lipinski definition) is 0. The molecule has 0 saturated heterocycles. The van der Waals surface area contributed by atoms with Crippen molar-refractivity contribution in [2.45, 2.75) is 12.3 Å². The Morgan fingerprint density at radius 2 is 0.679 bits per heavy atom. The fourth-order valence-corrected chi connectivity index (χ4v) is 9.02. The van der Waals surface area contributed by atoms with Crippen LogP contribution in [0.25, 0.3) is 66.8 Å². The molecular weight excluding hydrogens is 673 g/mol. The van der Waals surface area contributed by atoms with Crippen LogP contribution in [0.2, 0.25) is 0 Å². The van der Waals surface area contributed by atoms with E-state index < -0.39 is 5.41 Å². The molecule has 0 atom stereocenters. The first-order valence-corrected chi connectivity index (χ1v) is 19.5. The van der Waals surface area contributed by atoms with Gasteiger partial charge in [0.1, 0.15) is 0 Å². The van der Waals surface area contributed by atoms with Gasteiger partial charge in [-0.15, -0.1) is 0 Å². The second-order valence-corrected chi connectivity index (χ2v) is 14.9. The van der Waals surface area contributed by atoms with Gasteiger partial charge >= 0.3 is 0 Å². The summed E-state index contributed by atoms with van der Waals surface area (Å²) in [4.78, 5) is 0. The lowest BCUT2D eigenvalue weighted by molar-refractivity contribution is 0.769. The summed E-state index contributed by atoms with van der Waals surface area (Å²) in [5, 5.41) is 0. The monoisotopic (exact) mass is 712 g/mol. The minimum atomic E-state index is -0.580. The van der Waals surface area contributed by atoms with E-state index in [-0.39, 0.29) is 0 Å². The number of aryl methyl sites for hydroxylation is 1. The summed E-state index contributed by atoms with van der Waals surface area (Å²) in [6.45, 7) is 2.21. The van der Waals surface area contributed by atoms with Gasteiger partial charge in [-0.3, -0.25) is 0 Å². The maximum Gasteiger partial charge on any atom is 0.0714 e. The van der Waals surface area contributed by atoms with Crippen LogP contribution in [0.1, 0.15) is 27.8 Å². The molecule has 0 N–H and O–H groups in total. The van der Waals surface area contributed by atoms with Crippen molar-refractivity contribution in [3.8, 4) is 66.8 Å². The van der Waals surface area contributed by atoms with Gasteiger partial charge in [0.15, 0.2) is 0 Å².